The van der Waals surface area contributed by atoms with E-state index in [9.17, 15) is 45.8 Å². The summed E-state index contributed by atoms with van der Waals surface area (Å²) in [6.45, 7) is 11.6. The van der Waals surface area contributed by atoms with Gasteiger partial charge >= 0.3 is 24.3 Å². The highest BCUT2D eigenvalue weighted by Gasteiger charge is 2.42. The molecule has 400 valence electrons. The number of aromatic hydroxyl groups is 1. The van der Waals surface area contributed by atoms with E-state index in [-0.39, 0.29) is 42.1 Å². The summed E-state index contributed by atoms with van der Waals surface area (Å²) in [5.41, 5.74) is 3.47. The van der Waals surface area contributed by atoms with Crippen molar-refractivity contribution in [1.29, 1.82) is 0 Å². The molecule has 3 aromatic rings. The van der Waals surface area contributed by atoms with Crippen LogP contribution in [0.25, 0.3) is 0 Å². The van der Waals surface area contributed by atoms with E-state index < -0.39 is 24.3 Å². The van der Waals surface area contributed by atoms with Crippen molar-refractivity contribution in [3.05, 3.63) is 68.1 Å². The van der Waals surface area contributed by atoms with Crippen molar-refractivity contribution < 1.29 is 84.6 Å². The lowest BCUT2D eigenvalue weighted by atomic mass is 9.89. The Morgan fingerprint density at radius 2 is 1.61 bits per heavy atom. The Kier molecular flexibility index (Phi) is 22.8. The first-order valence-corrected chi connectivity index (χ1v) is 24.0. The molecule has 2 fully saturated rings. The molecule has 0 atom stereocenters. The van der Waals surface area contributed by atoms with Gasteiger partial charge < -0.3 is 54.7 Å². The number of phenols is 1. The van der Waals surface area contributed by atoms with Crippen LogP contribution in [0.2, 0.25) is 5.02 Å². The molecule has 0 unspecified atom stereocenters. The second kappa shape index (κ2) is 27.7. The summed E-state index contributed by atoms with van der Waals surface area (Å²) in [4.78, 5) is 66.6. The number of morpholine rings is 1. The molecular weight excluding hydrogens is 1010 g/mol. The maximum absolute atomic E-state index is 13.3. The average Bonchev–Trinajstić information content (AvgIpc) is 3.83. The summed E-state index contributed by atoms with van der Waals surface area (Å²) in [7, 11) is 1.62. The van der Waals surface area contributed by atoms with E-state index in [0.29, 0.717) is 102 Å². The number of aliphatic carboxylic acids is 2. The number of carboxylic acid groups (broad SMARTS) is 2. The van der Waals surface area contributed by atoms with Crippen LogP contribution in [0.4, 0.5) is 32.0 Å². The second-order valence-corrected chi connectivity index (χ2v) is 18.3. The predicted octanol–water partition coefficient (Wildman–Crippen LogP) is 5.99. The Bertz CT molecular complexity index is 2270. The van der Waals surface area contributed by atoms with Crippen molar-refractivity contribution in [3.63, 3.8) is 0 Å². The van der Waals surface area contributed by atoms with Gasteiger partial charge in [0.1, 0.15) is 17.1 Å². The van der Waals surface area contributed by atoms with E-state index in [1.807, 2.05) is 22.4 Å². The summed E-state index contributed by atoms with van der Waals surface area (Å²) in [5.74, 6) is -5.06. The normalized spacial score (nSPS) is 15.6. The van der Waals surface area contributed by atoms with Crippen LogP contribution < -0.4 is 15.4 Å². The van der Waals surface area contributed by atoms with Crippen molar-refractivity contribution in [1.82, 2.24) is 25.0 Å². The number of carboxylic acids is 2. The zero-order chi connectivity index (χ0) is 53.2. The number of piperidine rings is 1. The van der Waals surface area contributed by atoms with Gasteiger partial charge in [0.25, 0.3) is 11.8 Å². The van der Waals surface area contributed by atoms with Crippen molar-refractivity contribution in [2.45, 2.75) is 76.4 Å². The Morgan fingerprint density at radius 1 is 0.944 bits per heavy atom. The van der Waals surface area contributed by atoms with Gasteiger partial charge in [0, 0.05) is 69.2 Å². The summed E-state index contributed by atoms with van der Waals surface area (Å²) in [5, 5.41) is 34.0. The molecule has 0 radical (unpaired) electrons. The maximum atomic E-state index is 13.3. The summed E-state index contributed by atoms with van der Waals surface area (Å²) < 4.78 is 86.6. The van der Waals surface area contributed by atoms with Crippen LogP contribution in [-0.4, -0.2) is 175 Å². The van der Waals surface area contributed by atoms with Crippen LogP contribution in [0, 0.1) is 0 Å². The molecule has 3 aliphatic rings. The number of anilines is 1. The van der Waals surface area contributed by atoms with Crippen LogP contribution in [0.1, 0.15) is 71.2 Å². The van der Waals surface area contributed by atoms with Crippen molar-refractivity contribution >= 4 is 58.3 Å². The number of rotatable bonds is 19. The summed E-state index contributed by atoms with van der Waals surface area (Å²) in [6.07, 6.45) is -6.96. The molecule has 72 heavy (non-hydrogen) atoms. The van der Waals surface area contributed by atoms with E-state index in [0.717, 1.165) is 59.2 Å². The number of methoxy groups -OCH3 is 1. The third-order valence-corrected chi connectivity index (χ3v) is 13.1. The van der Waals surface area contributed by atoms with Gasteiger partial charge in [0.2, 0.25) is 5.91 Å². The minimum Gasteiger partial charge on any atom is -0.506 e. The molecule has 2 aromatic carbocycles. The lowest BCUT2D eigenvalue weighted by Gasteiger charge is -2.47. The largest absolute Gasteiger partial charge is 0.506 e. The first-order valence-electron chi connectivity index (χ1n) is 22.7. The molecule has 18 nitrogen and oxygen atoms in total. The molecule has 26 heteroatoms. The van der Waals surface area contributed by atoms with Crippen molar-refractivity contribution in [2.75, 3.05) is 97.8 Å². The number of likely N-dealkylation sites (tertiary alicyclic amines) is 1. The van der Waals surface area contributed by atoms with E-state index in [1.54, 1.807) is 35.5 Å². The third kappa shape index (κ3) is 18.3. The number of amides is 3. The minimum atomic E-state index is -5.08. The fourth-order valence-corrected chi connectivity index (χ4v) is 8.67. The fourth-order valence-electron chi connectivity index (χ4n) is 7.58. The number of benzene rings is 2. The molecule has 2 saturated heterocycles. The summed E-state index contributed by atoms with van der Waals surface area (Å²) in [6, 6.07) is 9.48. The Balaban J connectivity index is 0.000000703. The molecule has 0 bridgehead atoms. The Labute approximate surface area is 420 Å². The molecule has 0 saturated carbocycles. The van der Waals surface area contributed by atoms with Gasteiger partial charge in [0.05, 0.1) is 50.0 Å². The topological polar surface area (TPSA) is 230 Å². The zero-order valence-corrected chi connectivity index (χ0v) is 41.4. The molecule has 4 heterocycles. The molecule has 3 aliphatic heterocycles. The lowest BCUT2D eigenvalue weighted by Crippen LogP contribution is -2.58. The zero-order valence-electron chi connectivity index (χ0n) is 39.8. The van der Waals surface area contributed by atoms with Gasteiger partial charge in [-0.2, -0.15) is 26.3 Å². The number of halogens is 7. The highest BCUT2D eigenvalue weighted by molar-refractivity contribution is 7.09. The van der Waals surface area contributed by atoms with E-state index >= 15 is 0 Å². The van der Waals surface area contributed by atoms with Crippen LogP contribution in [0.15, 0.2) is 35.7 Å². The predicted molar refractivity (Wildman–Crippen MR) is 251 cm³/mol. The number of fused-ring (bicyclic) bond motifs is 1. The second-order valence-electron chi connectivity index (χ2n) is 17.0. The molecular formula is C46H59ClF6N6O12S. The molecule has 1 aromatic heterocycles. The highest BCUT2D eigenvalue weighted by atomic mass is 35.5. The van der Waals surface area contributed by atoms with Crippen molar-refractivity contribution in [3.8, 4) is 11.5 Å². The number of hydrogen-bond donors (Lipinski definition) is 5. The van der Waals surface area contributed by atoms with Gasteiger partial charge in [-0.25, -0.2) is 14.6 Å². The van der Waals surface area contributed by atoms with Gasteiger partial charge in [-0.15, -0.1) is 11.3 Å². The van der Waals surface area contributed by atoms with Crippen LogP contribution in [0.3, 0.4) is 0 Å². The quantitative estimate of drug-likeness (QED) is 0.0528. The van der Waals surface area contributed by atoms with Gasteiger partial charge in [-0.1, -0.05) is 49.7 Å². The average molecular weight is 1070 g/mol. The Morgan fingerprint density at radius 3 is 2.24 bits per heavy atom. The minimum absolute atomic E-state index is 0.00318. The molecule has 0 aliphatic carbocycles. The monoisotopic (exact) mass is 1070 g/mol. The van der Waals surface area contributed by atoms with Gasteiger partial charge in [-0.3, -0.25) is 19.3 Å². The number of ether oxygens (including phenoxy) is 4. The number of nitrogens with one attached hydrogen (secondary N) is 2. The molecule has 6 rings (SSSR count). The maximum Gasteiger partial charge on any atom is 0.490 e. The standard InChI is InChI=1S/C42H57ClN6O8S.2C2HF3O2/c1-29(2)40-45-33(27-58-40)41(53)49-20-24-57-42(28-49)12-16-47(17-13-42)25-32-6-4-5-30(37(32)43)10-21-55-22-11-36(52)48(19-23-54-3)18-15-44-14-9-31-7-8-34(50)38-39(31)56-26-35(51)46-38;2*3-2(4,5)1(6)7/h4-8,27,29,44,50H,9-26,28H2,1-3H3,(H,46,51);2*(H,6,7). The van der Waals surface area contributed by atoms with E-state index in [1.165, 1.54) is 0 Å². The van der Waals surface area contributed by atoms with Crippen molar-refractivity contribution in [2.24, 2.45) is 0 Å². The van der Waals surface area contributed by atoms with Gasteiger partial charge in [0.15, 0.2) is 12.4 Å². The number of hydrogen-bond acceptors (Lipinski definition) is 14. The molecule has 3 amide bonds. The third-order valence-electron chi connectivity index (χ3n) is 11.4. The molecule has 1 spiro atoms. The summed E-state index contributed by atoms with van der Waals surface area (Å²) >= 11 is 8.49. The fraction of sp³-hybridized carbons (Fsp3) is 0.565. The smallest absolute Gasteiger partial charge is 0.490 e. The number of phenolic OH excluding ortho intramolecular Hbond substituents is 1. The lowest BCUT2D eigenvalue weighted by molar-refractivity contribution is -0.193. The Hall–Kier alpha value is -5.31. The van der Waals surface area contributed by atoms with Crippen LogP contribution in [0.5, 0.6) is 11.5 Å². The van der Waals surface area contributed by atoms with Crippen LogP contribution in [-0.2, 0) is 52.8 Å². The highest BCUT2D eigenvalue weighted by Crippen LogP contribution is 2.39. The first-order chi connectivity index (χ1) is 33.9. The number of carbonyl (C=O) groups is 5. The van der Waals surface area contributed by atoms with E-state index in [2.05, 4.69) is 40.4 Å². The first kappa shape index (κ1) is 59.3. The number of thiazole rings is 1. The van der Waals surface area contributed by atoms with Crippen LogP contribution >= 0.6 is 22.9 Å². The number of aromatic nitrogens is 1. The molecule has 5 N–H and O–H groups in total. The number of nitrogens with zero attached hydrogens (tertiary/aromatic N) is 4. The SMILES string of the molecule is COCCN(CCNCCc1ccc(O)c2c1OCC(=O)N2)C(=O)CCOCCc1cccc(CN2CCC3(CC2)CN(C(=O)c2csc(C(C)C)n2)CCO3)c1Cl.O=C(O)C(F)(F)F.O=C(O)C(F)(F)F. The van der Waals surface area contributed by atoms with Gasteiger partial charge in [-0.05, 0) is 55.0 Å². The van der Waals surface area contributed by atoms with E-state index in [4.69, 9.17) is 50.4 Å². The number of alkyl halides is 6. The number of carbonyl (C=O) groups excluding carboxylic acids is 3.